The second-order valence-corrected chi connectivity index (χ2v) is 12.3. The zero-order chi connectivity index (χ0) is 27.6. The summed E-state index contributed by atoms with van der Waals surface area (Å²) in [5.74, 6) is 2.09. The third-order valence-electron chi connectivity index (χ3n) is 8.75. The highest BCUT2D eigenvalue weighted by Gasteiger charge is 2.32. The van der Waals surface area contributed by atoms with Gasteiger partial charge in [0.15, 0.2) is 0 Å². The van der Waals surface area contributed by atoms with Crippen molar-refractivity contribution < 1.29 is 0 Å². The molecule has 9 rings (SSSR count). The van der Waals surface area contributed by atoms with Crippen molar-refractivity contribution in [1.29, 1.82) is 0 Å². The van der Waals surface area contributed by atoms with Crippen LogP contribution >= 0.6 is 11.8 Å². The van der Waals surface area contributed by atoms with E-state index in [1.54, 1.807) is 0 Å². The van der Waals surface area contributed by atoms with Crippen molar-refractivity contribution in [2.24, 2.45) is 0 Å². The lowest BCUT2D eigenvalue weighted by Crippen LogP contribution is -2.27. The van der Waals surface area contributed by atoms with E-state index >= 15 is 0 Å². The number of thioether (sulfide) groups is 1. The zero-order valence-electron chi connectivity index (χ0n) is 22.9. The first kappa shape index (κ1) is 23.9. The Balaban J connectivity index is 1.22. The van der Waals surface area contributed by atoms with E-state index in [4.69, 9.17) is 4.98 Å². The monoisotopic (exact) mass is 557 g/mol. The lowest BCUT2D eigenvalue weighted by Gasteiger charge is -2.33. The highest BCUT2D eigenvalue weighted by Crippen LogP contribution is 2.44. The summed E-state index contributed by atoms with van der Waals surface area (Å²) in [5.41, 5.74) is 11.0. The molecule has 5 aromatic carbocycles. The molecule has 0 saturated carbocycles. The summed E-state index contributed by atoms with van der Waals surface area (Å²) >= 11 is 1.99. The van der Waals surface area contributed by atoms with Gasteiger partial charge in [-0.2, -0.15) is 0 Å². The van der Waals surface area contributed by atoms with Gasteiger partial charge in [-0.15, -0.1) is 11.8 Å². The Morgan fingerprint density at radius 1 is 0.619 bits per heavy atom. The average molecular weight is 558 g/mol. The summed E-state index contributed by atoms with van der Waals surface area (Å²) in [7, 11) is 0. The van der Waals surface area contributed by atoms with E-state index in [1.807, 2.05) is 11.8 Å². The largest absolute Gasteiger partial charge is 0.319 e. The van der Waals surface area contributed by atoms with Crippen LogP contribution in [-0.2, 0) is 5.75 Å². The van der Waals surface area contributed by atoms with Crippen LogP contribution < -0.4 is 0 Å². The van der Waals surface area contributed by atoms with Crippen molar-refractivity contribution in [1.82, 2.24) is 14.1 Å². The Hall–Kier alpha value is -4.80. The van der Waals surface area contributed by atoms with Gasteiger partial charge in [0, 0.05) is 21.7 Å². The maximum absolute atomic E-state index is 4.94. The molecule has 42 heavy (non-hydrogen) atoms. The van der Waals surface area contributed by atoms with E-state index in [1.165, 1.54) is 61.1 Å². The van der Waals surface area contributed by atoms with Gasteiger partial charge in [0.1, 0.15) is 5.82 Å². The third-order valence-corrected chi connectivity index (χ3v) is 9.97. The average Bonchev–Trinajstić information content (AvgIpc) is 3.60. The minimum absolute atomic E-state index is 0.261. The van der Waals surface area contributed by atoms with Gasteiger partial charge in [-0.05, 0) is 70.8 Å². The Labute approximate surface area is 248 Å². The molecule has 3 heterocycles. The van der Waals surface area contributed by atoms with E-state index in [-0.39, 0.29) is 6.04 Å². The number of aromatic nitrogens is 3. The SMILES string of the molecule is C1=CC2C(C=C1n1c3ccc(-c4ccccc4)cc3c3cc(-c4ccccc4)ccc31)SCc1nc3ccccc3n12. The van der Waals surface area contributed by atoms with E-state index in [2.05, 4.69) is 149 Å². The third kappa shape index (κ3) is 3.65. The normalized spacial score (nSPS) is 17.9. The van der Waals surface area contributed by atoms with Gasteiger partial charge in [-0.3, -0.25) is 0 Å². The van der Waals surface area contributed by atoms with Gasteiger partial charge in [-0.1, -0.05) is 91.0 Å². The molecule has 0 saturated heterocycles. The van der Waals surface area contributed by atoms with Gasteiger partial charge in [0.25, 0.3) is 0 Å². The molecule has 200 valence electrons. The van der Waals surface area contributed by atoms with Crippen LogP contribution in [0.15, 0.2) is 140 Å². The molecule has 2 aliphatic rings. The van der Waals surface area contributed by atoms with Gasteiger partial charge < -0.3 is 9.13 Å². The van der Waals surface area contributed by atoms with Crippen LogP contribution in [0.5, 0.6) is 0 Å². The number of nitrogens with zero attached hydrogens (tertiary/aromatic N) is 3. The summed E-state index contributed by atoms with van der Waals surface area (Å²) in [6.45, 7) is 0. The lowest BCUT2D eigenvalue weighted by molar-refractivity contribution is 0.600. The minimum atomic E-state index is 0.261. The summed E-state index contributed by atoms with van der Waals surface area (Å²) in [5, 5.41) is 2.90. The summed E-state index contributed by atoms with van der Waals surface area (Å²) in [4.78, 5) is 4.94. The van der Waals surface area contributed by atoms with Crippen molar-refractivity contribution in [3.8, 4) is 22.3 Å². The van der Waals surface area contributed by atoms with Crippen molar-refractivity contribution in [3.63, 3.8) is 0 Å². The van der Waals surface area contributed by atoms with Crippen LogP contribution in [0.25, 0.3) is 60.8 Å². The molecule has 0 radical (unpaired) electrons. The number of imidazole rings is 1. The molecule has 2 unspecified atom stereocenters. The molecular formula is C38H27N3S. The quantitative estimate of drug-likeness (QED) is 0.216. The van der Waals surface area contributed by atoms with Gasteiger partial charge >= 0.3 is 0 Å². The Morgan fingerprint density at radius 3 is 1.90 bits per heavy atom. The summed E-state index contributed by atoms with van der Waals surface area (Å²) in [6.07, 6.45) is 7.18. The summed E-state index contributed by atoms with van der Waals surface area (Å²) < 4.78 is 4.91. The van der Waals surface area contributed by atoms with Crippen LogP contribution in [-0.4, -0.2) is 19.4 Å². The molecule has 0 N–H and O–H groups in total. The number of hydrogen-bond acceptors (Lipinski definition) is 2. The molecule has 7 aromatic rings. The number of para-hydroxylation sites is 2. The Kier molecular flexibility index (Phi) is 5.32. The predicted octanol–water partition coefficient (Wildman–Crippen LogP) is 9.75. The first-order valence-corrected chi connectivity index (χ1v) is 15.5. The number of hydrogen-bond donors (Lipinski definition) is 0. The van der Waals surface area contributed by atoms with Crippen molar-refractivity contribution >= 4 is 50.3 Å². The highest BCUT2D eigenvalue weighted by atomic mass is 32.2. The van der Waals surface area contributed by atoms with Crippen LogP contribution in [0, 0.1) is 0 Å². The fraction of sp³-hybridized carbons (Fsp3) is 0.0789. The standard InChI is InChI=1S/C38H27N3S/c1-3-9-25(10-4-1)27-15-18-33-30(21-27)31-22-28(26-11-5-2-6-12-26)16-19-34(31)40(33)29-17-20-36-37(23-29)42-24-38-39-32-13-7-8-14-35(32)41(36)38/h1-23,36-37H,24H2. The fourth-order valence-corrected chi connectivity index (χ4v) is 7.97. The fourth-order valence-electron chi connectivity index (χ4n) is 6.78. The number of benzene rings is 5. The topological polar surface area (TPSA) is 22.8 Å². The van der Waals surface area contributed by atoms with Gasteiger partial charge in [0.2, 0.25) is 0 Å². The van der Waals surface area contributed by atoms with E-state index in [9.17, 15) is 0 Å². The van der Waals surface area contributed by atoms with E-state index in [0.29, 0.717) is 5.25 Å². The van der Waals surface area contributed by atoms with Crippen LogP contribution in [0.4, 0.5) is 0 Å². The van der Waals surface area contributed by atoms with E-state index in [0.717, 1.165) is 11.3 Å². The smallest absolute Gasteiger partial charge is 0.120 e. The van der Waals surface area contributed by atoms with Crippen molar-refractivity contribution in [2.45, 2.75) is 17.0 Å². The molecule has 1 aliphatic carbocycles. The second-order valence-electron chi connectivity index (χ2n) is 11.1. The molecule has 3 nitrogen and oxygen atoms in total. The lowest BCUT2D eigenvalue weighted by atomic mass is 10.0. The molecule has 0 spiro atoms. The molecule has 2 atom stereocenters. The first-order valence-electron chi connectivity index (χ1n) is 14.5. The maximum atomic E-state index is 4.94. The Morgan fingerprint density at radius 2 is 1.24 bits per heavy atom. The molecule has 0 fully saturated rings. The zero-order valence-corrected chi connectivity index (χ0v) is 23.7. The predicted molar refractivity (Wildman–Crippen MR) is 178 cm³/mol. The maximum Gasteiger partial charge on any atom is 0.120 e. The van der Waals surface area contributed by atoms with Crippen molar-refractivity contribution in [3.05, 3.63) is 145 Å². The molecule has 2 aromatic heterocycles. The van der Waals surface area contributed by atoms with Gasteiger partial charge in [-0.25, -0.2) is 4.98 Å². The number of fused-ring (bicyclic) bond motifs is 8. The molecular weight excluding hydrogens is 531 g/mol. The molecule has 0 bridgehead atoms. The second kappa shape index (κ2) is 9.37. The van der Waals surface area contributed by atoms with Crippen molar-refractivity contribution in [2.75, 3.05) is 0 Å². The molecule has 0 amide bonds. The first-order chi connectivity index (χ1) is 20.8. The van der Waals surface area contributed by atoms with Crippen LogP contribution in [0.2, 0.25) is 0 Å². The van der Waals surface area contributed by atoms with Gasteiger partial charge in [0.05, 0.1) is 33.9 Å². The summed E-state index contributed by atoms with van der Waals surface area (Å²) in [6, 6.07) is 44.0. The number of rotatable bonds is 3. The molecule has 4 heteroatoms. The molecule has 1 aliphatic heterocycles. The van der Waals surface area contributed by atoms with E-state index < -0.39 is 0 Å². The Bertz CT molecular complexity index is 2110. The number of allylic oxidation sites excluding steroid dienone is 3. The minimum Gasteiger partial charge on any atom is -0.319 e. The highest BCUT2D eigenvalue weighted by molar-refractivity contribution is 7.99. The van der Waals surface area contributed by atoms with Crippen LogP contribution in [0.1, 0.15) is 11.9 Å². The van der Waals surface area contributed by atoms with Crippen LogP contribution in [0.3, 0.4) is 0 Å².